The fourth-order valence-electron chi connectivity index (χ4n) is 3.72. The van der Waals surface area contributed by atoms with E-state index in [4.69, 9.17) is 11.6 Å². The van der Waals surface area contributed by atoms with Gasteiger partial charge in [0.2, 0.25) is 0 Å². The highest BCUT2D eigenvalue weighted by Crippen LogP contribution is 2.42. The molecular weight excluding hydrogens is 244 g/mol. The summed E-state index contributed by atoms with van der Waals surface area (Å²) in [6.07, 6.45) is 3.76. The van der Waals surface area contributed by atoms with Crippen molar-refractivity contribution in [2.24, 2.45) is 0 Å². The Morgan fingerprint density at radius 2 is 2.22 bits per heavy atom. The van der Waals surface area contributed by atoms with Crippen LogP contribution in [0, 0.1) is 6.92 Å². The molecule has 4 rings (SSSR count). The van der Waals surface area contributed by atoms with Crippen LogP contribution < -0.4 is 0 Å². The van der Waals surface area contributed by atoms with Gasteiger partial charge in [-0.2, -0.15) is 0 Å². The van der Waals surface area contributed by atoms with Gasteiger partial charge >= 0.3 is 0 Å². The van der Waals surface area contributed by atoms with Gasteiger partial charge in [0.1, 0.15) is 0 Å². The van der Waals surface area contributed by atoms with Gasteiger partial charge in [0.15, 0.2) is 0 Å². The van der Waals surface area contributed by atoms with Gasteiger partial charge in [0, 0.05) is 30.1 Å². The van der Waals surface area contributed by atoms with Gasteiger partial charge in [0.25, 0.3) is 0 Å². The van der Waals surface area contributed by atoms with E-state index in [9.17, 15) is 0 Å². The van der Waals surface area contributed by atoms with Crippen LogP contribution in [-0.4, -0.2) is 23.0 Å². The Bertz CT molecular complexity index is 629. The highest BCUT2D eigenvalue weighted by atomic mass is 35.5. The molecule has 1 fully saturated rings. The first kappa shape index (κ1) is 10.9. The number of benzene rings is 1. The van der Waals surface area contributed by atoms with Gasteiger partial charge in [-0.15, -0.1) is 0 Å². The standard InChI is InChI=1S/C15H17ClN2/c1-9-7-10-14-12(17-15(10)11(16)8-9)4-6-18-5-2-3-13(14)18/h7-8,13,17H,2-6H2,1H3/t13-/m1/s1. The molecule has 1 aromatic carbocycles. The molecule has 3 heteroatoms. The number of fused-ring (bicyclic) bond motifs is 5. The minimum Gasteiger partial charge on any atom is -0.357 e. The van der Waals surface area contributed by atoms with Gasteiger partial charge in [-0.1, -0.05) is 11.6 Å². The highest BCUT2D eigenvalue weighted by Gasteiger charge is 2.33. The lowest BCUT2D eigenvalue weighted by Crippen LogP contribution is -2.30. The summed E-state index contributed by atoms with van der Waals surface area (Å²) >= 11 is 6.38. The Morgan fingerprint density at radius 1 is 1.33 bits per heavy atom. The summed E-state index contributed by atoms with van der Waals surface area (Å²) in [6.45, 7) is 4.58. The van der Waals surface area contributed by atoms with Crippen LogP contribution in [-0.2, 0) is 6.42 Å². The molecule has 0 saturated carbocycles. The van der Waals surface area contributed by atoms with E-state index in [1.54, 1.807) is 0 Å². The van der Waals surface area contributed by atoms with E-state index < -0.39 is 0 Å². The number of hydrogen-bond donors (Lipinski definition) is 1. The van der Waals surface area contributed by atoms with Crippen molar-refractivity contribution in [1.29, 1.82) is 0 Å². The van der Waals surface area contributed by atoms with Crippen LogP contribution in [0.5, 0.6) is 0 Å². The molecule has 1 saturated heterocycles. The summed E-state index contributed by atoms with van der Waals surface area (Å²) in [7, 11) is 0. The van der Waals surface area contributed by atoms with E-state index >= 15 is 0 Å². The third kappa shape index (κ3) is 1.39. The maximum atomic E-state index is 6.38. The molecule has 0 spiro atoms. The Morgan fingerprint density at radius 3 is 3.11 bits per heavy atom. The molecule has 1 atom stereocenters. The monoisotopic (exact) mass is 260 g/mol. The van der Waals surface area contributed by atoms with Crippen LogP contribution >= 0.6 is 11.6 Å². The second-order valence-electron chi connectivity index (χ2n) is 5.63. The van der Waals surface area contributed by atoms with Crippen molar-refractivity contribution in [2.75, 3.05) is 13.1 Å². The molecule has 0 bridgehead atoms. The van der Waals surface area contributed by atoms with Crippen LogP contribution in [0.15, 0.2) is 12.1 Å². The molecular formula is C15H17ClN2. The lowest BCUT2D eigenvalue weighted by atomic mass is 9.95. The van der Waals surface area contributed by atoms with E-state index in [0.717, 1.165) is 17.0 Å². The Kier molecular flexibility index (Phi) is 2.27. The number of hydrogen-bond acceptors (Lipinski definition) is 1. The van der Waals surface area contributed by atoms with Crippen LogP contribution in [0.3, 0.4) is 0 Å². The number of rotatable bonds is 0. The fraction of sp³-hybridized carbons (Fsp3) is 0.467. The van der Waals surface area contributed by atoms with Crippen LogP contribution in [0.4, 0.5) is 0 Å². The molecule has 3 heterocycles. The summed E-state index contributed by atoms with van der Waals surface area (Å²) in [4.78, 5) is 6.20. The molecule has 2 aliphatic heterocycles. The van der Waals surface area contributed by atoms with Crippen molar-refractivity contribution < 1.29 is 0 Å². The maximum Gasteiger partial charge on any atom is 0.0649 e. The largest absolute Gasteiger partial charge is 0.357 e. The van der Waals surface area contributed by atoms with Gasteiger partial charge in [0.05, 0.1) is 10.5 Å². The topological polar surface area (TPSA) is 19.0 Å². The van der Waals surface area contributed by atoms with Crippen molar-refractivity contribution in [3.63, 3.8) is 0 Å². The first-order chi connectivity index (χ1) is 8.74. The molecule has 0 amide bonds. The van der Waals surface area contributed by atoms with E-state index in [1.807, 2.05) is 0 Å². The first-order valence-electron chi connectivity index (χ1n) is 6.78. The third-order valence-corrected chi connectivity index (χ3v) is 4.77. The normalized spacial score (nSPS) is 23.3. The highest BCUT2D eigenvalue weighted by molar-refractivity contribution is 6.35. The Balaban J connectivity index is 2.02. The van der Waals surface area contributed by atoms with Crippen LogP contribution in [0.1, 0.15) is 35.7 Å². The SMILES string of the molecule is Cc1cc(Cl)c2[nH]c3c(c2c1)[C@H]1CCCN1CC3. The smallest absolute Gasteiger partial charge is 0.0649 e. The quantitative estimate of drug-likeness (QED) is 0.763. The number of halogens is 1. The molecule has 1 aromatic heterocycles. The number of nitrogens with zero attached hydrogens (tertiary/aromatic N) is 1. The number of nitrogens with one attached hydrogen (secondary N) is 1. The molecule has 18 heavy (non-hydrogen) atoms. The van der Waals surface area contributed by atoms with Gasteiger partial charge in [-0.05, 0) is 49.6 Å². The van der Waals surface area contributed by atoms with E-state index in [-0.39, 0.29) is 0 Å². The molecule has 2 aliphatic rings. The lowest BCUT2D eigenvalue weighted by molar-refractivity contribution is 0.244. The number of aromatic amines is 1. The van der Waals surface area contributed by atoms with E-state index in [2.05, 4.69) is 28.9 Å². The number of H-pyrrole nitrogens is 1. The van der Waals surface area contributed by atoms with Crippen molar-refractivity contribution in [2.45, 2.75) is 32.2 Å². The van der Waals surface area contributed by atoms with Crippen molar-refractivity contribution in [3.8, 4) is 0 Å². The minimum absolute atomic E-state index is 0.625. The predicted molar refractivity (Wildman–Crippen MR) is 75.3 cm³/mol. The van der Waals surface area contributed by atoms with Crippen LogP contribution in [0.2, 0.25) is 5.02 Å². The molecule has 0 aliphatic carbocycles. The first-order valence-corrected chi connectivity index (χ1v) is 7.16. The Labute approximate surface area is 112 Å². The van der Waals surface area contributed by atoms with Gasteiger partial charge in [-0.3, -0.25) is 4.90 Å². The molecule has 0 radical (unpaired) electrons. The Hall–Kier alpha value is -0.990. The summed E-state index contributed by atoms with van der Waals surface area (Å²) in [6, 6.07) is 4.97. The zero-order valence-corrected chi connectivity index (χ0v) is 11.3. The second-order valence-corrected chi connectivity index (χ2v) is 6.04. The van der Waals surface area contributed by atoms with Gasteiger partial charge in [-0.25, -0.2) is 0 Å². The molecule has 2 nitrogen and oxygen atoms in total. The fourth-order valence-corrected chi connectivity index (χ4v) is 4.04. The zero-order valence-electron chi connectivity index (χ0n) is 10.6. The second kappa shape index (κ2) is 3.75. The van der Waals surface area contributed by atoms with Crippen molar-refractivity contribution >= 4 is 22.5 Å². The summed E-state index contributed by atoms with van der Waals surface area (Å²) in [5.41, 5.74) is 5.34. The molecule has 0 unspecified atom stereocenters. The predicted octanol–water partition coefficient (Wildman–Crippen LogP) is 3.82. The summed E-state index contributed by atoms with van der Waals surface area (Å²) < 4.78 is 0. The van der Waals surface area contributed by atoms with Gasteiger partial charge < -0.3 is 4.98 Å². The molecule has 94 valence electrons. The van der Waals surface area contributed by atoms with Crippen molar-refractivity contribution in [1.82, 2.24) is 9.88 Å². The zero-order chi connectivity index (χ0) is 12.3. The molecule has 1 N–H and O–H groups in total. The maximum absolute atomic E-state index is 6.38. The van der Waals surface area contributed by atoms with Crippen molar-refractivity contribution in [3.05, 3.63) is 34.0 Å². The summed E-state index contributed by atoms with van der Waals surface area (Å²) in [5, 5.41) is 2.22. The van der Waals surface area contributed by atoms with Crippen LogP contribution in [0.25, 0.3) is 10.9 Å². The average Bonchev–Trinajstić information content (AvgIpc) is 2.91. The number of aromatic nitrogens is 1. The number of aryl methyl sites for hydroxylation is 1. The lowest BCUT2D eigenvalue weighted by Gasteiger charge is -2.29. The molecule has 2 aromatic rings. The average molecular weight is 261 g/mol. The minimum atomic E-state index is 0.625. The van der Waals surface area contributed by atoms with E-state index in [1.165, 1.54) is 48.1 Å². The van der Waals surface area contributed by atoms with E-state index in [0.29, 0.717) is 6.04 Å². The summed E-state index contributed by atoms with van der Waals surface area (Å²) in [5.74, 6) is 0. The third-order valence-electron chi connectivity index (χ3n) is 4.47.